The van der Waals surface area contributed by atoms with Gasteiger partial charge in [0.2, 0.25) is 0 Å². The van der Waals surface area contributed by atoms with Crippen LogP contribution in [-0.4, -0.2) is 53.0 Å². The zero-order chi connectivity index (χ0) is 21.7. The minimum atomic E-state index is -0.929. The van der Waals surface area contributed by atoms with E-state index in [1.54, 1.807) is 6.07 Å². The average molecular weight is 431 g/mol. The summed E-state index contributed by atoms with van der Waals surface area (Å²) in [5.41, 5.74) is 4.21. The molecule has 2 aromatic rings. The van der Waals surface area contributed by atoms with E-state index in [0.29, 0.717) is 12.2 Å². The van der Waals surface area contributed by atoms with E-state index in [-0.39, 0.29) is 17.9 Å². The van der Waals surface area contributed by atoms with Crippen LogP contribution in [0.2, 0.25) is 0 Å². The van der Waals surface area contributed by atoms with Crippen LogP contribution < -0.4 is 10.1 Å². The second-order valence-corrected chi connectivity index (χ2v) is 10.5. The van der Waals surface area contributed by atoms with E-state index in [0.717, 1.165) is 54.2 Å². The molecule has 0 aromatic heterocycles. The highest BCUT2D eigenvalue weighted by Gasteiger charge is 2.71. The highest BCUT2D eigenvalue weighted by Crippen LogP contribution is 2.66. The van der Waals surface area contributed by atoms with Gasteiger partial charge >= 0.3 is 0 Å². The minimum absolute atomic E-state index is 0.0661. The van der Waals surface area contributed by atoms with E-state index in [2.05, 4.69) is 40.6 Å². The number of piperidine rings is 1. The third kappa shape index (κ3) is 2.26. The summed E-state index contributed by atoms with van der Waals surface area (Å²) in [7, 11) is 1.94. The molecule has 2 aromatic carbocycles. The Kier molecular flexibility index (Phi) is 3.74. The second-order valence-electron chi connectivity index (χ2n) is 10.5. The maximum absolute atomic E-state index is 12.7. The predicted octanol–water partition coefficient (Wildman–Crippen LogP) is 3.69. The number of rotatable bonds is 4. The Hall–Kier alpha value is -2.50. The first-order valence-electron chi connectivity index (χ1n) is 12.0. The Bertz CT molecular complexity index is 1160. The maximum atomic E-state index is 12.7. The first-order valence-corrected chi connectivity index (χ1v) is 12.0. The zero-order valence-corrected chi connectivity index (χ0v) is 18.5. The molecule has 32 heavy (non-hydrogen) atoms. The largest absolute Gasteiger partial charge is 0.504 e. The molecule has 2 fully saturated rings. The van der Waals surface area contributed by atoms with Crippen molar-refractivity contribution >= 4 is 11.3 Å². The van der Waals surface area contributed by atoms with Crippen molar-refractivity contribution in [2.24, 2.45) is 5.92 Å². The number of para-hydroxylation sites is 1. The lowest BCUT2D eigenvalue weighted by Gasteiger charge is -2.62. The Labute approximate surface area is 188 Å². The summed E-state index contributed by atoms with van der Waals surface area (Å²) in [6.07, 6.45) is 6.86. The normalized spacial score (nSPS) is 34.5. The van der Waals surface area contributed by atoms with Gasteiger partial charge in [0, 0.05) is 42.9 Å². The molecule has 166 valence electrons. The van der Waals surface area contributed by atoms with Crippen molar-refractivity contribution in [3.05, 3.63) is 59.2 Å². The Balaban J connectivity index is 1.44. The van der Waals surface area contributed by atoms with Gasteiger partial charge in [-0.25, -0.2) is 0 Å². The van der Waals surface area contributed by atoms with Crippen LogP contribution in [0.3, 0.4) is 0 Å². The molecular formula is C27H30N2O3. The third-order valence-electron chi connectivity index (χ3n) is 8.92. The van der Waals surface area contributed by atoms with Crippen LogP contribution in [0.5, 0.6) is 11.5 Å². The molecule has 0 radical (unpaired) electrons. The van der Waals surface area contributed by atoms with Gasteiger partial charge < -0.3 is 20.3 Å². The van der Waals surface area contributed by atoms with Gasteiger partial charge in [-0.3, -0.25) is 4.90 Å². The number of nitrogens with zero attached hydrogens (tertiary/aromatic N) is 1. The van der Waals surface area contributed by atoms with Gasteiger partial charge in [-0.1, -0.05) is 24.3 Å². The van der Waals surface area contributed by atoms with Crippen molar-refractivity contribution in [1.82, 2.24) is 4.90 Å². The lowest BCUT2D eigenvalue weighted by atomic mass is 9.49. The van der Waals surface area contributed by atoms with Crippen LogP contribution >= 0.6 is 0 Å². The number of hydrogen-bond donors (Lipinski definition) is 3. The molecule has 2 aliphatic heterocycles. The molecule has 5 aliphatic rings. The fourth-order valence-corrected chi connectivity index (χ4v) is 7.29. The third-order valence-corrected chi connectivity index (χ3v) is 8.92. The highest BCUT2D eigenvalue weighted by atomic mass is 16.5. The number of anilines is 1. The van der Waals surface area contributed by atoms with Gasteiger partial charge in [0.15, 0.2) is 11.5 Å². The van der Waals surface area contributed by atoms with Crippen molar-refractivity contribution in [1.29, 1.82) is 0 Å². The lowest BCUT2D eigenvalue weighted by molar-refractivity contribution is -0.159. The van der Waals surface area contributed by atoms with Crippen LogP contribution in [0, 0.1) is 5.92 Å². The van der Waals surface area contributed by atoms with E-state index in [9.17, 15) is 10.2 Å². The van der Waals surface area contributed by atoms with Crippen molar-refractivity contribution in [3.63, 3.8) is 0 Å². The van der Waals surface area contributed by atoms with Gasteiger partial charge in [-0.2, -0.15) is 0 Å². The number of likely N-dealkylation sites (tertiary alicyclic amines) is 1. The minimum Gasteiger partial charge on any atom is -0.504 e. The second kappa shape index (κ2) is 6.30. The number of phenols is 1. The predicted molar refractivity (Wildman–Crippen MR) is 124 cm³/mol. The number of phenolic OH excluding ortho intramolecular Hbond substituents is 1. The molecule has 3 N–H and O–H groups in total. The average Bonchev–Trinajstić information content (AvgIpc) is 3.54. The monoisotopic (exact) mass is 430 g/mol. The van der Waals surface area contributed by atoms with Crippen LogP contribution in [0.1, 0.15) is 42.4 Å². The summed E-state index contributed by atoms with van der Waals surface area (Å²) >= 11 is 0. The molecule has 3 aliphatic carbocycles. The molecule has 1 saturated carbocycles. The number of aliphatic hydroxyl groups is 1. The van der Waals surface area contributed by atoms with E-state index in [4.69, 9.17) is 4.74 Å². The Morgan fingerprint density at radius 2 is 2.03 bits per heavy atom. The van der Waals surface area contributed by atoms with Gasteiger partial charge in [0.05, 0.1) is 11.0 Å². The SMILES string of the molecule is CNc1ccccc1C1=CC2Oc3c(O)ccc4c3[C@@]23CCN(CC2CC2)C(C4)[C@]3(O)C1. The van der Waals surface area contributed by atoms with Crippen LogP contribution in [-0.2, 0) is 11.8 Å². The summed E-state index contributed by atoms with van der Waals surface area (Å²) in [6, 6.07) is 12.2. The summed E-state index contributed by atoms with van der Waals surface area (Å²) in [4.78, 5) is 2.57. The van der Waals surface area contributed by atoms with E-state index in [1.165, 1.54) is 18.4 Å². The van der Waals surface area contributed by atoms with E-state index < -0.39 is 11.0 Å². The number of nitrogens with one attached hydrogen (secondary N) is 1. The molecule has 0 amide bonds. The maximum Gasteiger partial charge on any atom is 0.166 e. The van der Waals surface area contributed by atoms with Crippen molar-refractivity contribution < 1.29 is 14.9 Å². The van der Waals surface area contributed by atoms with Gasteiger partial charge in [-0.05, 0) is 67.5 Å². The molecule has 5 nitrogen and oxygen atoms in total. The molecule has 1 saturated heterocycles. The smallest absolute Gasteiger partial charge is 0.166 e. The summed E-state index contributed by atoms with van der Waals surface area (Å²) in [5, 5.41) is 26.7. The fraction of sp³-hybridized carbons (Fsp3) is 0.481. The first kappa shape index (κ1) is 19.0. The standard InChI is InChI=1S/C27H30N2O3/c1-28-20-5-3-2-4-19(20)18-13-23-26-10-11-29(15-16-6-7-16)22(27(26,31)14-18)12-17-8-9-21(30)25(32-23)24(17)26/h2-5,8-9,13,16,22-23,28,30-31H,6-7,10-12,14-15H2,1H3/t22?,23?,26-,27-/m1/s1. The van der Waals surface area contributed by atoms with Crippen LogP contribution in [0.15, 0.2) is 42.5 Å². The Morgan fingerprint density at radius 3 is 2.84 bits per heavy atom. The summed E-state index contributed by atoms with van der Waals surface area (Å²) < 4.78 is 6.50. The molecule has 7 rings (SSSR count). The summed E-state index contributed by atoms with van der Waals surface area (Å²) in [6.45, 7) is 2.06. The number of aromatic hydroxyl groups is 1. The van der Waals surface area contributed by atoms with Crippen molar-refractivity contribution in [2.45, 2.75) is 55.3 Å². The molecule has 2 heterocycles. The molecule has 2 bridgehead atoms. The molecular weight excluding hydrogens is 400 g/mol. The van der Waals surface area contributed by atoms with Crippen molar-refractivity contribution in [3.8, 4) is 11.5 Å². The van der Waals surface area contributed by atoms with Crippen LogP contribution in [0.25, 0.3) is 5.57 Å². The molecule has 4 atom stereocenters. The highest BCUT2D eigenvalue weighted by molar-refractivity contribution is 5.80. The van der Waals surface area contributed by atoms with Gasteiger partial charge in [0.1, 0.15) is 6.10 Å². The van der Waals surface area contributed by atoms with Crippen molar-refractivity contribution in [2.75, 3.05) is 25.5 Å². The van der Waals surface area contributed by atoms with Gasteiger partial charge in [0.25, 0.3) is 0 Å². The van der Waals surface area contributed by atoms with E-state index in [1.807, 2.05) is 13.1 Å². The topological polar surface area (TPSA) is 65.0 Å². The number of benzene rings is 2. The molecule has 1 spiro atoms. The summed E-state index contributed by atoms with van der Waals surface area (Å²) in [5.74, 6) is 1.57. The quantitative estimate of drug-likeness (QED) is 0.691. The molecule has 2 unspecified atom stereocenters. The first-order chi connectivity index (χ1) is 15.5. The van der Waals surface area contributed by atoms with E-state index >= 15 is 0 Å². The number of hydrogen-bond acceptors (Lipinski definition) is 5. The zero-order valence-electron chi connectivity index (χ0n) is 18.5. The molecule has 5 heteroatoms. The fourth-order valence-electron chi connectivity index (χ4n) is 7.29. The lowest BCUT2D eigenvalue weighted by Crippen LogP contribution is -2.74. The Morgan fingerprint density at radius 1 is 1.19 bits per heavy atom. The van der Waals surface area contributed by atoms with Gasteiger partial charge in [-0.15, -0.1) is 0 Å². The number of ether oxygens (including phenoxy) is 1. The van der Waals surface area contributed by atoms with Crippen LogP contribution in [0.4, 0.5) is 5.69 Å².